The van der Waals surface area contributed by atoms with Gasteiger partial charge in [-0.3, -0.25) is 4.79 Å². The van der Waals surface area contributed by atoms with Crippen LogP contribution in [-0.4, -0.2) is 36.0 Å². The zero-order valence-corrected chi connectivity index (χ0v) is 13.9. The summed E-state index contributed by atoms with van der Waals surface area (Å²) in [5.41, 5.74) is 1.73. The number of thioether (sulfide) groups is 2. The summed E-state index contributed by atoms with van der Waals surface area (Å²) in [5, 5.41) is 2.79. The molecule has 2 aliphatic rings. The highest BCUT2D eigenvalue weighted by Crippen LogP contribution is 2.43. The Morgan fingerprint density at radius 2 is 1.82 bits per heavy atom. The molecule has 0 radical (unpaired) electrons. The van der Waals surface area contributed by atoms with Crippen molar-refractivity contribution < 1.29 is 14.3 Å². The van der Waals surface area contributed by atoms with Crippen molar-refractivity contribution >= 4 is 35.4 Å². The van der Waals surface area contributed by atoms with E-state index in [4.69, 9.17) is 4.74 Å². The average molecular weight is 337 g/mol. The van der Waals surface area contributed by atoms with Crippen LogP contribution in [0, 0.1) is 0 Å². The summed E-state index contributed by atoms with van der Waals surface area (Å²) in [4.78, 5) is 23.4. The monoisotopic (exact) mass is 337 g/mol. The van der Waals surface area contributed by atoms with Crippen molar-refractivity contribution in [2.75, 3.05) is 18.1 Å². The van der Waals surface area contributed by atoms with Crippen molar-refractivity contribution in [3.8, 4) is 0 Å². The third-order valence-electron chi connectivity index (χ3n) is 3.52. The van der Waals surface area contributed by atoms with Crippen molar-refractivity contribution in [1.82, 2.24) is 5.32 Å². The lowest BCUT2D eigenvalue weighted by Gasteiger charge is -2.21. The molecule has 0 spiro atoms. The molecule has 0 aromatic heterocycles. The van der Waals surface area contributed by atoms with Crippen LogP contribution in [0.4, 0.5) is 0 Å². The fourth-order valence-electron chi connectivity index (χ4n) is 2.17. The summed E-state index contributed by atoms with van der Waals surface area (Å²) in [5.74, 6) is 1.72. The van der Waals surface area contributed by atoms with Crippen LogP contribution in [0.2, 0.25) is 0 Å². The minimum atomic E-state index is -0.443. The Bertz CT molecular complexity index is 537. The normalized spacial score (nSPS) is 18.7. The van der Waals surface area contributed by atoms with Crippen LogP contribution in [-0.2, 0) is 9.53 Å². The van der Waals surface area contributed by atoms with E-state index < -0.39 is 5.97 Å². The van der Waals surface area contributed by atoms with Crippen LogP contribution in [0.1, 0.15) is 39.8 Å². The van der Waals surface area contributed by atoms with Crippen molar-refractivity contribution in [1.29, 1.82) is 0 Å². The molecule has 1 saturated heterocycles. The number of esters is 1. The van der Waals surface area contributed by atoms with E-state index in [0.717, 1.165) is 12.8 Å². The maximum absolute atomic E-state index is 11.9. The predicted octanol–water partition coefficient (Wildman–Crippen LogP) is 2.99. The lowest BCUT2D eigenvalue weighted by molar-refractivity contribution is -0.124. The van der Waals surface area contributed by atoms with Gasteiger partial charge in [-0.15, -0.1) is 23.5 Å². The quantitative estimate of drug-likeness (QED) is 0.837. The molecule has 2 fully saturated rings. The van der Waals surface area contributed by atoms with Gasteiger partial charge in [-0.25, -0.2) is 4.79 Å². The number of ether oxygens (including phenoxy) is 1. The van der Waals surface area contributed by atoms with Crippen molar-refractivity contribution in [2.45, 2.75) is 29.9 Å². The van der Waals surface area contributed by atoms with Gasteiger partial charge >= 0.3 is 5.97 Å². The molecule has 0 unspecified atom stereocenters. The van der Waals surface area contributed by atoms with Gasteiger partial charge in [-0.05, 0) is 48.5 Å². The van der Waals surface area contributed by atoms with Crippen LogP contribution in [0.5, 0.6) is 0 Å². The molecule has 1 aromatic carbocycles. The SMILES string of the molecule is O=C(COC(=O)c1ccc(C2SCCCS2)cc1)NC1CC1. The second kappa shape index (κ2) is 7.42. The lowest BCUT2D eigenvalue weighted by atomic mass is 10.1. The van der Waals surface area contributed by atoms with Gasteiger partial charge in [0.15, 0.2) is 6.61 Å². The van der Waals surface area contributed by atoms with Gasteiger partial charge in [0.05, 0.1) is 10.1 Å². The molecule has 1 amide bonds. The average Bonchev–Trinajstić information content (AvgIpc) is 3.37. The Balaban J connectivity index is 1.50. The largest absolute Gasteiger partial charge is 0.452 e. The number of nitrogens with one attached hydrogen (secondary N) is 1. The van der Waals surface area contributed by atoms with Crippen molar-refractivity contribution in [2.24, 2.45) is 0 Å². The zero-order chi connectivity index (χ0) is 15.4. The van der Waals surface area contributed by atoms with Gasteiger partial charge in [0.2, 0.25) is 0 Å². The van der Waals surface area contributed by atoms with Crippen LogP contribution in [0.3, 0.4) is 0 Å². The third kappa shape index (κ3) is 4.43. The summed E-state index contributed by atoms with van der Waals surface area (Å²) in [6.07, 6.45) is 3.32. The molecule has 3 rings (SSSR count). The highest BCUT2D eigenvalue weighted by molar-refractivity contribution is 8.16. The summed E-state index contributed by atoms with van der Waals surface area (Å²) in [7, 11) is 0. The summed E-state index contributed by atoms with van der Waals surface area (Å²) in [6.45, 7) is -0.203. The first-order valence-corrected chi connectivity index (χ1v) is 9.62. The number of rotatable bonds is 5. The number of hydrogen-bond acceptors (Lipinski definition) is 5. The van der Waals surface area contributed by atoms with Crippen molar-refractivity contribution in [3.63, 3.8) is 0 Å². The Morgan fingerprint density at radius 1 is 1.14 bits per heavy atom. The minimum Gasteiger partial charge on any atom is -0.452 e. The maximum Gasteiger partial charge on any atom is 0.338 e. The minimum absolute atomic E-state index is 0.203. The molecular formula is C16H19NO3S2. The van der Waals surface area contributed by atoms with Crippen LogP contribution < -0.4 is 5.32 Å². The second-order valence-electron chi connectivity index (χ2n) is 5.47. The Morgan fingerprint density at radius 3 is 2.45 bits per heavy atom. The number of benzene rings is 1. The molecule has 1 saturated carbocycles. The van der Waals surface area contributed by atoms with Gasteiger partial charge in [-0.1, -0.05) is 12.1 Å². The van der Waals surface area contributed by atoms with Gasteiger partial charge < -0.3 is 10.1 Å². The van der Waals surface area contributed by atoms with Crippen LogP contribution in [0.15, 0.2) is 24.3 Å². The molecule has 6 heteroatoms. The highest BCUT2D eigenvalue weighted by Gasteiger charge is 2.23. The van der Waals surface area contributed by atoms with Gasteiger partial charge in [0, 0.05) is 6.04 Å². The standard InChI is InChI=1S/C16H19NO3S2/c18-14(17-13-6-7-13)10-20-15(19)11-2-4-12(5-3-11)16-21-8-1-9-22-16/h2-5,13,16H,1,6-10H2,(H,17,18). The number of carbonyl (C=O) groups is 2. The molecule has 1 aliphatic carbocycles. The topological polar surface area (TPSA) is 55.4 Å². The lowest BCUT2D eigenvalue weighted by Crippen LogP contribution is -2.30. The van der Waals surface area contributed by atoms with E-state index in [1.165, 1.54) is 23.5 Å². The van der Waals surface area contributed by atoms with E-state index in [2.05, 4.69) is 5.32 Å². The summed E-state index contributed by atoms with van der Waals surface area (Å²) in [6, 6.07) is 7.82. The third-order valence-corrected chi connectivity index (χ3v) is 6.54. The molecule has 1 heterocycles. The first kappa shape index (κ1) is 15.7. The Kier molecular flexibility index (Phi) is 5.31. The van der Waals surface area contributed by atoms with E-state index in [-0.39, 0.29) is 18.6 Å². The fraction of sp³-hybridized carbons (Fsp3) is 0.500. The molecule has 0 atom stereocenters. The molecule has 118 valence electrons. The van der Waals surface area contributed by atoms with E-state index in [1.54, 1.807) is 12.1 Å². The van der Waals surface area contributed by atoms with Gasteiger partial charge in [0.1, 0.15) is 0 Å². The molecule has 22 heavy (non-hydrogen) atoms. The highest BCUT2D eigenvalue weighted by atomic mass is 32.2. The Labute approximate surface area is 138 Å². The van der Waals surface area contributed by atoms with E-state index in [1.807, 2.05) is 35.7 Å². The molecule has 1 aromatic rings. The predicted molar refractivity (Wildman–Crippen MR) is 90.2 cm³/mol. The number of amides is 1. The van der Waals surface area contributed by atoms with Crippen molar-refractivity contribution in [3.05, 3.63) is 35.4 Å². The molecule has 1 aliphatic heterocycles. The second-order valence-corrected chi connectivity index (χ2v) is 8.19. The van der Waals surface area contributed by atoms with E-state index in [0.29, 0.717) is 10.1 Å². The summed E-state index contributed by atoms with van der Waals surface area (Å²) < 4.78 is 5.50. The first-order valence-electron chi connectivity index (χ1n) is 7.52. The Hall–Kier alpha value is -1.14. The van der Waals surface area contributed by atoms with E-state index in [9.17, 15) is 9.59 Å². The molecule has 1 N–H and O–H groups in total. The molecule has 4 nitrogen and oxygen atoms in total. The number of hydrogen-bond donors (Lipinski definition) is 1. The molecular weight excluding hydrogens is 318 g/mol. The maximum atomic E-state index is 11.9. The van der Waals surface area contributed by atoms with Crippen LogP contribution in [0.25, 0.3) is 0 Å². The molecule has 0 bridgehead atoms. The number of carbonyl (C=O) groups excluding carboxylic acids is 2. The smallest absolute Gasteiger partial charge is 0.338 e. The first-order chi connectivity index (χ1) is 10.7. The van der Waals surface area contributed by atoms with E-state index >= 15 is 0 Å². The van der Waals surface area contributed by atoms with Gasteiger partial charge in [-0.2, -0.15) is 0 Å². The van der Waals surface area contributed by atoms with Crippen LogP contribution >= 0.6 is 23.5 Å². The fourth-order valence-corrected chi connectivity index (χ4v) is 5.06. The summed E-state index contributed by atoms with van der Waals surface area (Å²) >= 11 is 3.90. The van der Waals surface area contributed by atoms with Gasteiger partial charge in [0.25, 0.3) is 5.91 Å². The zero-order valence-electron chi connectivity index (χ0n) is 12.2.